The van der Waals surface area contributed by atoms with Gasteiger partial charge in [-0.3, -0.25) is 10.1 Å². The fraction of sp³-hybridized carbons (Fsp3) is 0.111. The first-order chi connectivity index (χ1) is 7.52. The second-order valence-corrected chi connectivity index (χ2v) is 3.17. The van der Waals surface area contributed by atoms with Crippen LogP contribution in [-0.2, 0) is 4.74 Å². The summed E-state index contributed by atoms with van der Waals surface area (Å²) in [6, 6.07) is 4.11. The molecule has 0 N–H and O–H groups in total. The van der Waals surface area contributed by atoms with Gasteiger partial charge in [0.05, 0.1) is 22.5 Å². The van der Waals surface area contributed by atoms with Crippen LogP contribution in [0.2, 0.25) is 0 Å². The number of esters is 1. The Balaban J connectivity index is 3.51. The van der Waals surface area contributed by atoms with Crippen LogP contribution in [0.4, 0.5) is 5.69 Å². The Kier molecular flexibility index (Phi) is 3.48. The molecule has 0 aliphatic heterocycles. The smallest absolute Gasteiger partial charge is 0.339 e. The van der Waals surface area contributed by atoms with Gasteiger partial charge in [-0.25, -0.2) is 4.79 Å². The monoisotopic (exact) mass is 238 g/mol. The molecule has 1 aromatic rings. The van der Waals surface area contributed by atoms with Crippen LogP contribution < -0.4 is 0 Å². The predicted octanol–water partition coefficient (Wildman–Crippen LogP) is 1.54. The van der Waals surface area contributed by atoms with Crippen LogP contribution in [0.5, 0.6) is 0 Å². The minimum atomic E-state index is -0.757. The van der Waals surface area contributed by atoms with E-state index in [0.717, 1.165) is 7.11 Å². The highest BCUT2D eigenvalue weighted by molar-refractivity contribution is 7.80. The Morgan fingerprint density at radius 2 is 2.25 bits per heavy atom. The highest BCUT2D eigenvalue weighted by atomic mass is 32.1. The first kappa shape index (κ1) is 12.0. The number of nitro groups is 1. The standard InChI is InChI=1S/C9H6N2O4S/c1-15-9(12)6-3-2-5(4-10)7(8(6)16)11(13)14/h2-3,16H,1H3. The lowest BCUT2D eigenvalue weighted by Crippen LogP contribution is -2.05. The molecule has 16 heavy (non-hydrogen) atoms. The van der Waals surface area contributed by atoms with Crippen LogP contribution in [0.25, 0.3) is 0 Å². The Morgan fingerprint density at radius 3 is 2.69 bits per heavy atom. The van der Waals surface area contributed by atoms with Crippen molar-refractivity contribution < 1.29 is 14.5 Å². The van der Waals surface area contributed by atoms with Crippen molar-refractivity contribution in [3.63, 3.8) is 0 Å². The molecule has 0 aliphatic rings. The quantitative estimate of drug-likeness (QED) is 0.365. The summed E-state index contributed by atoms with van der Waals surface area (Å²) in [4.78, 5) is 21.0. The average Bonchev–Trinajstić information content (AvgIpc) is 2.26. The molecule has 7 heteroatoms. The third-order valence-corrected chi connectivity index (χ3v) is 2.31. The Labute approximate surface area is 96.0 Å². The number of nitrogens with zero attached hydrogens (tertiary/aromatic N) is 2. The highest BCUT2D eigenvalue weighted by Crippen LogP contribution is 2.30. The van der Waals surface area contributed by atoms with Crippen molar-refractivity contribution in [2.45, 2.75) is 4.90 Å². The van der Waals surface area contributed by atoms with Crippen molar-refractivity contribution in [3.8, 4) is 6.07 Å². The third-order valence-electron chi connectivity index (χ3n) is 1.86. The number of rotatable bonds is 2. The highest BCUT2D eigenvalue weighted by Gasteiger charge is 2.24. The minimum absolute atomic E-state index is 0.0449. The van der Waals surface area contributed by atoms with E-state index in [1.54, 1.807) is 6.07 Å². The van der Waals surface area contributed by atoms with Gasteiger partial charge in [-0.2, -0.15) is 5.26 Å². The summed E-state index contributed by atoms with van der Waals surface area (Å²) >= 11 is 3.87. The Morgan fingerprint density at radius 1 is 1.62 bits per heavy atom. The number of carbonyl (C=O) groups is 1. The van der Waals surface area contributed by atoms with Crippen molar-refractivity contribution in [2.24, 2.45) is 0 Å². The van der Waals surface area contributed by atoms with Gasteiger partial charge in [-0.1, -0.05) is 0 Å². The molecule has 0 unspecified atom stereocenters. The van der Waals surface area contributed by atoms with Crippen LogP contribution in [-0.4, -0.2) is 18.0 Å². The van der Waals surface area contributed by atoms with E-state index in [1.807, 2.05) is 0 Å². The Bertz CT molecular complexity index is 507. The molecule has 0 aromatic heterocycles. The van der Waals surface area contributed by atoms with Crippen LogP contribution in [0, 0.1) is 21.4 Å². The van der Waals surface area contributed by atoms with Gasteiger partial charge < -0.3 is 4.74 Å². The minimum Gasteiger partial charge on any atom is -0.465 e. The number of carbonyl (C=O) groups excluding carboxylic acids is 1. The largest absolute Gasteiger partial charge is 0.465 e. The molecule has 6 nitrogen and oxygen atoms in total. The maximum atomic E-state index is 11.2. The van der Waals surface area contributed by atoms with Gasteiger partial charge in [-0.05, 0) is 12.1 Å². The molecule has 0 atom stereocenters. The van der Waals surface area contributed by atoms with Crippen LogP contribution in [0.15, 0.2) is 17.0 Å². The summed E-state index contributed by atoms with van der Waals surface area (Å²) < 4.78 is 4.43. The second kappa shape index (κ2) is 4.63. The van der Waals surface area contributed by atoms with Gasteiger partial charge in [-0.15, -0.1) is 12.6 Å². The molecule has 0 saturated heterocycles. The average molecular weight is 238 g/mol. The van der Waals surface area contributed by atoms with Crippen LogP contribution in [0.3, 0.4) is 0 Å². The number of methoxy groups -OCH3 is 1. The molecule has 0 spiro atoms. The molecule has 82 valence electrons. The summed E-state index contributed by atoms with van der Waals surface area (Å²) in [6.07, 6.45) is 0. The van der Waals surface area contributed by atoms with Gasteiger partial charge in [0.15, 0.2) is 0 Å². The molecular formula is C9H6N2O4S. The van der Waals surface area contributed by atoms with E-state index in [4.69, 9.17) is 5.26 Å². The SMILES string of the molecule is COC(=O)c1ccc(C#N)c([N+](=O)[O-])c1S. The summed E-state index contributed by atoms with van der Waals surface area (Å²) in [5.41, 5.74) is -0.687. The maximum Gasteiger partial charge on any atom is 0.339 e. The number of benzene rings is 1. The molecule has 0 amide bonds. The molecule has 1 aromatic carbocycles. The van der Waals surface area contributed by atoms with Crippen molar-refractivity contribution in [3.05, 3.63) is 33.4 Å². The lowest BCUT2D eigenvalue weighted by atomic mass is 10.1. The van der Waals surface area contributed by atoms with E-state index in [-0.39, 0.29) is 16.0 Å². The summed E-state index contributed by atoms with van der Waals surface area (Å²) in [5, 5.41) is 19.4. The third kappa shape index (κ3) is 1.97. The number of hydrogen-bond donors (Lipinski definition) is 1. The number of thiol groups is 1. The first-order valence-corrected chi connectivity index (χ1v) is 4.46. The lowest BCUT2D eigenvalue weighted by Gasteiger charge is -2.04. The molecular weight excluding hydrogens is 232 g/mol. The van der Waals surface area contributed by atoms with E-state index >= 15 is 0 Å². The van der Waals surface area contributed by atoms with E-state index in [9.17, 15) is 14.9 Å². The van der Waals surface area contributed by atoms with Crippen molar-refractivity contribution >= 4 is 24.3 Å². The van der Waals surface area contributed by atoms with Crippen molar-refractivity contribution in [1.29, 1.82) is 5.26 Å². The summed E-state index contributed by atoms with van der Waals surface area (Å²) in [7, 11) is 1.15. The molecule has 0 fully saturated rings. The van der Waals surface area contributed by atoms with Gasteiger partial charge in [0.2, 0.25) is 0 Å². The topological polar surface area (TPSA) is 93.2 Å². The number of ether oxygens (including phenoxy) is 1. The van der Waals surface area contributed by atoms with E-state index in [1.165, 1.54) is 12.1 Å². The van der Waals surface area contributed by atoms with Crippen LogP contribution in [0.1, 0.15) is 15.9 Å². The van der Waals surface area contributed by atoms with Crippen molar-refractivity contribution in [1.82, 2.24) is 0 Å². The van der Waals surface area contributed by atoms with Crippen LogP contribution >= 0.6 is 12.6 Å². The second-order valence-electron chi connectivity index (χ2n) is 2.72. The summed E-state index contributed by atoms with van der Waals surface area (Å²) in [6.45, 7) is 0. The molecule has 0 heterocycles. The predicted molar refractivity (Wildman–Crippen MR) is 56.4 cm³/mol. The van der Waals surface area contributed by atoms with E-state index in [2.05, 4.69) is 17.4 Å². The van der Waals surface area contributed by atoms with E-state index in [0.29, 0.717) is 0 Å². The Hall–Kier alpha value is -2.07. The lowest BCUT2D eigenvalue weighted by molar-refractivity contribution is -0.388. The first-order valence-electron chi connectivity index (χ1n) is 4.01. The molecule has 1 rings (SSSR count). The van der Waals surface area contributed by atoms with Crippen molar-refractivity contribution in [2.75, 3.05) is 7.11 Å². The maximum absolute atomic E-state index is 11.2. The van der Waals surface area contributed by atoms with E-state index < -0.39 is 16.6 Å². The number of nitriles is 1. The van der Waals surface area contributed by atoms with Gasteiger partial charge in [0.1, 0.15) is 11.6 Å². The molecule has 0 radical (unpaired) electrons. The fourth-order valence-electron chi connectivity index (χ4n) is 1.13. The molecule has 0 aliphatic carbocycles. The molecule has 0 saturated carbocycles. The summed E-state index contributed by atoms with van der Waals surface area (Å²) in [5.74, 6) is -0.738. The number of nitro benzene ring substituents is 1. The molecule has 0 bridgehead atoms. The van der Waals surface area contributed by atoms with Gasteiger partial charge in [0, 0.05) is 0 Å². The van der Waals surface area contributed by atoms with Gasteiger partial charge in [0.25, 0.3) is 0 Å². The normalized spacial score (nSPS) is 9.31. The number of hydrogen-bond acceptors (Lipinski definition) is 6. The zero-order valence-electron chi connectivity index (χ0n) is 8.13. The fourth-order valence-corrected chi connectivity index (χ4v) is 1.50. The zero-order valence-corrected chi connectivity index (χ0v) is 9.02. The van der Waals surface area contributed by atoms with Gasteiger partial charge >= 0.3 is 11.7 Å². The zero-order chi connectivity index (χ0) is 12.3.